The van der Waals surface area contributed by atoms with Crippen LogP contribution in [0.4, 0.5) is 11.4 Å². The molecular weight excluding hydrogens is 448 g/mol. The molecule has 0 radical (unpaired) electrons. The Morgan fingerprint density at radius 1 is 0.971 bits per heavy atom. The number of piperazine rings is 1. The van der Waals surface area contributed by atoms with E-state index in [2.05, 4.69) is 15.5 Å². The number of carbonyl (C=O) groups is 2. The van der Waals surface area contributed by atoms with Crippen molar-refractivity contribution in [1.82, 2.24) is 10.2 Å². The van der Waals surface area contributed by atoms with Gasteiger partial charge in [0.25, 0.3) is 5.91 Å². The summed E-state index contributed by atoms with van der Waals surface area (Å²) in [7, 11) is 0. The number of hydrogen-bond acceptors (Lipinski definition) is 5. The predicted molar refractivity (Wildman–Crippen MR) is 138 cm³/mol. The van der Waals surface area contributed by atoms with Crippen molar-refractivity contribution in [3.05, 3.63) is 89.9 Å². The molecule has 174 valence electrons. The minimum Gasteiger partial charge on any atom is -0.465 e. The minimum atomic E-state index is -0.344. The van der Waals surface area contributed by atoms with Gasteiger partial charge in [-0.15, -0.1) is 0 Å². The molecule has 0 atom stereocenters. The molecule has 1 aliphatic heterocycles. The van der Waals surface area contributed by atoms with Crippen LogP contribution in [0.25, 0.3) is 6.08 Å². The number of aryl methyl sites for hydroxylation is 1. The van der Waals surface area contributed by atoms with Crippen LogP contribution in [-0.4, -0.2) is 48.0 Å². The first kappa shape index (κ1) is 23.3. The summed E-state index contributed by atoms with van der Waals surface area (Å²) in [6.07, 6.45) is 4.47. The Hall–Kier alpha value is -3.91. The number of rotatable bonds is 5. The SMILES string of the molecule is Cc1ccc(C(=O)N2CCN(c3ccc(NC(=S)NC(=O)C=Cc4ccco4)cc3)CC2)cc1. The molecule has 34 heavy (non-hydrogen) atoms. The first-order chi connectivity index (χ1) is 16.5. The number of nitrogens with one attached hydrogen (secondary N) is 2. The van der Waals surface area contributed by atoms with Crippen LogP contribution in [-0.2, 0) is 4.79 Å². The molecule has 0 saturated carbocycles. The van der Waals surface area contributed by atoms with Crippen LogP contribution in [0.5, 0.6) is 0 Å². The molecule has 1 saturated heterocycles. The summed E-state index contributed by atoms with van der Waals surface area (Å²) in [6.45, 7) is 4.89. The van der Waals surface area contributed by atoms with Crippen LogP contribution in [0.1, 0.15) is 21.7 Å². The molecule has 1 fully saturated rings. The van der Waals surface area contributed by atoms with E-state index in [1.165, 1.54) is 12.3 Å². The molecule has 7 nitrogen and oxygen atoms in total. The van der Waals surface area contributed by atoms with Gasteiger partial charge in [-0.2, -0.15) is 0 Å². The van der Waals surface area contributed by atoms with Crippen molar-refractivity contribution in [3.63, 3.8) is 0 Å². The normalized spacial score (nSPS) is 13.7. The van der Waals surface area contributed by atoms with Crippen molar-refractivity contribution in [2.24, 2.45) is 0 Å². The first-order valence-electron chi connectivity index (χ1n) is 11.0. The van der Waals surface area contributed by atoms with Gasteiger partial charge in [0.15, 0.2) is 5.11 Å². The fraction of sp³-hybridized carbons (Fsp3) is 0.192. The minimum absolute atomic E-state index is 0.0776. The van der Waals surface area contributed by atoms with Gasteiger partial charge in [-0.25, -0.2) is 0 Å². The van der Waals surface area contributed by atoms with E-state index in [4.69, 9.17) is 16.6 Å². The molecule has 0 unspecified atom stereocenters. The van der Waals surface area contributed by atoms with E-state index in [9.17, 15) is 9.59 Å². The number of carbonyl (C=O) groups excluding carboxylic acids is 2. The van der Waals surface area contributed by atoms with E-state index in [1.807, 2.05) is 60.4 Å². The zero-order chi connectivity index (χ0) is 23.9. The maximum atomic E-state index is 12.7. The molecule has 2 amide bonds. The topological polar surface area (TPSA) is 77.8 Å². The number of nitrogens with zero attached hydrogens (tertiary/aromatic N) is 2. The predicted octanol–water partition coefficient (Wildman–Crippen LogP) is 4.08. The van der Waals surface area contributed by atoms with E-state index in [-0.39, 0.29) is 16.9 Å². The van der Waals surface area contributed by atoms with Gasteiger partial charge in [0.1, 0.15) is 5.76 Å². The van der Waals surface area contributed by atoms with E-state index in [0.29, 0.717) is 18.8 Å². The number of amides is 2. The van der Waals surface area contributed by atoms with Gasteiger partial charge >= 0.3 is 0 Å². The van der Waals surface area contributed by atoms with Gasteiger partial charge < -0.3 is 19.5 Å². The summed E-state index contributed by atoms with van der Waals surface area (Å²) in [5.74, 6) is 0.322. The Morgan fingerprint density at radius 2 is 1.68 bits per heavy atom. The Balaban J connectivity index is 1.25. The molecule has 1 aliphatic rings. The van der Waals surface area contributed by atoms with E-state index >= 15 is 0 Å². The molecule has 0 bridgehead atoms. The molecule has 8 heteroatoms. The highest BCUT2D eigenvalue weighted by atomic mass is 32.1. The lowest BCUT2D eigenvalue weighted by Crippen LogP contribution is -2.48. The average molecular weight is 475 g/mol. The fourth-order valence-electron chi connectivity index (χ4n) is 3.66. The lowest BCUT2D eigenvalue weighted by Gasteiger charge is -2.36. The van der Waals surface area contributed by atoms with Crippen molar-refractivity contribution in [2.75, 3.05) is 36.4 Å². The van der Waals surface area contributed by atoms with Crippen LogP contribution < -0.4 is 15.5 Å². The Labute approximate surface area is 204 Å². The second-order valence-corrected chi connectivity index (χ2v) is 8.39. The lowest BCUT2D eigenvalue weighted by molar-refractivity contribution is -0.115. The van der Waals surface area contributed by atoms with Crippen LogP contribution in [0.2, 0.25) is 0 Å². The molecular formula is C26H26N4O3S. The van der Waals surface area contributed by atoms with Gasteiger partial charge in [0.05, 0.1) is 6.26 Å². The van der Waals surface area contributed by atoms with E-state index in [0.717, 1.165) is 35.6 Å². The second kappa shape index (κ2) is 10.8. The third kappa shape index (κ3) is 6.11. The van der Waals surface area contributed by atoms with E-state index in [1.54, 1.807) is 18.2 Å². The van der Waals surface area contributed by atoms with Crippen LogP contribution in [0.3, 0.4) is 0 Å². The lowest BCUT2D eigenvalue weighted by atomic mass is 10.1. The average Bonchev–Trinajstić information content (AvgIpc) is 3.37. The van der Waals surface area contributed by atoms with Crippen molar-refractivity contribution in [1.29, 1.82) is 0 Å². The highest BCUT2D eigenvalue weighted by Crippen LogP contribution is 2.20. The van der Waals surface area contributed by atoms with Crippen LogP contribution >= 0.6 is 12.2 Å². The number of furan rings is 1. The highest BCUT2D eigenvalue weighted by molar-refractivity contribution is 7.80. The van der Waals surface area contributed by atoms with Crippen molar-refractivity contribution in [3.8, 4) is 0 Å². The zero-order valence-electron chi connectivity index (χ0n) is 18.9. The van der Waals surface area contributed by atoms with Crippen molar-refractivity contribution in [2.45, 2.75) is 6.92 Å². The van der Waals surface area contributed by atoms with Crippen LogP contribution in [0.15, 0.2) is 77.4 Å². The third-order valence-corrected chi connectivity index (χ3v) is 5.74. The molecule has 2 heterocycles. The fourth-order valence-corrected chi connectivity index (χ4v) is 3.88. The van der Waals surface area contributed by atoms with Gasteiger partial charge in [-0.3, -0.25) is 14.9 Å². The van der Waals surface area contributed by atoms with Gasteiger partial charge in [0.2, 0.25) is 5.91 Å². The third-order valence-electron chi connectivity index (χ3n) is 5.53. The maximum Gasteiger partial charge on any atom is 0.253 e. The van der Waals surface area contributed by atoms with Gasteiger partial charge in [-0.1, -0.05) is 17.7 Å². The number of benzene rings is 2. The smallest absolute Gasteiger partial charge is 0.253 e. The Bertz CT molecular complexity index is 1160. The molecule has 0 aliphatic carbocycles. The molecule has 0 spiro atoms. The van der Waals surface area contributed by atoms with Gasteiger partial charge in [0, 0.05) is 49.2 Å². The second-order valence-electron chi connectivity index (χ2n) is 7.98. The standard InChI is InChI=1S/C26H26N4O3S/c1-19-4-6-20(7-5-19)25(32)30-16-14-29(15-17-30)22-10-8-21(9-11-22)27-26(34)28-24(31)13-12-23-3-2-18-33-23/h2-13,18H,14-17H2,1H3,(H2,27,28,31,34). The Morgan fingerprint density at radius 3 is 2.32 bits per heavy atom. The molecule has 1 aromatic heterocycles. The highest BCUT2D eigenvalue weighted by Gasteiger charge is 2.22. The summed E-state index contributed by atoms with van der Waals surface area (Å²) in [5, 5.41) is 5.83. The number of thiocarbonyl (C=S) groups is 1. The van der Waals surface area contributed by atoms with E-state index < -0.39 is 0 Å². The summed E-state index contributed by atoms with van der Waals surface area (Å²) >= 11 is 5.22. The molecule has 4 rings (SSSR count). The largest absolute Gasteiger partial charge is 0.465 e. The zero-order valence-corrected chi connectivity index (χ0v) is 19.7. The maximum absolute atomic E-state index is 12.7. The van der Waals surface area contributed by atoms with Crippen molar-refractivity contribution < 1.29 is 14.0 Å². The number of hydrogen-bond donors (Lipinski definition) is 2. The molecule has 2 N–H and O–H groups in total. The summed E-state index contributed by atoms with van der Waals surface area (Å²) in [4.78, 5) is 28.9. The first-order valence-corrected chi connectivity index (χ1v) is 11.4. The summed E-state index contributed by atoms with van der Waals surface area (Å²) < 4.78 is 5.15. The molecule has 2 aromatic carbocycles. The van der Waals surface area contributed by atoms with Crippen LogP contribution in [0, 0.1) is 6.92 Å². The number of anilines is 2. The Kier molecular flexibility index (Phi) is 7.39. The monoisotopic (exact) mass is 474 g/mol. The molecule has 3 aromatic rings. The summed E-state index contributed by atoms with van der Waals surface area (Å²) in [6, 6.07) is 19.0. The van der Waals surface area contributed by atoms with Gasteiger partial charge in [-0.05, 0) is 73.7 Å². The van der Waals surface area contributed by atoms with Crippen molar-refractivity contribution >= 4 is 46.6 Å². The summed E-state index contributed by atoms with van der Waals surface area (Å²) in [5.41, 5.74) is 3.72. The quantitative estimate of drug-likeness (QED) is 0.429.